The third-order valence-electron chi connectivity index (χ3n) is 2.40. The number of furan rings is 1. The molecule has 0 aromatic carbocycles. The van der Waals surface area contributed by atoms with Crippen molar-refractivity contribution in [1.82, 2.24) is 9.38 Å². The van der Waals surface area contributed by atoms with Gasteiger partial charge in [-0.2, -0.15) is 0 Å². The van der Waals surface area contributed by atoms with E-state index in [9.17, 15) is 9.30 Å². The molecule has 84 valence electrons. The first-order valence-corrected chi connectivity index (χ1v) is 4.84. The quantitative estimate of drug-likeness (QED) is 0.636. The fourth-order valence-electron chi connectivity index (χ4n) is 1.67. The summed E-state index contributed by atoms with van der Waals surface area (Å²) in [7, 11) is 0. The van der Waals surface area contributed by atoms with Crippen molar-refractivity contribution in [3.8, 4) is 11.5 Å². The number of nitrogens with zero attached hydrogens (tertiary/aromatic N) is 3. The molecule has 3 rings (SSSR count). The van der Waals surface area contributed by atoms with Crippen LogP contribution in [0.2, 0.25) is 0 Å². The second kappa shape index (κ2) is 3.51. The smallest absolute Gasteiger partial charge is 0.213 e. The molecule has 0 spiro atoms. The first-order chi connectivity index (χ1) is 8.29. The molecular weight excluding hydrogens is 225 g/mol. The van der Waals surface area contributed by atoms with E-state index in [4.69, 9.17) is 4.42 Å². The Balaban J connectivity index is 2.36. The van der Waals surface area contributed by atoms with Gasteiger partial charge in [0.05, 0.1) is 6.26 Å². The fraction of sp³-hybridized carbons (Fsp3) is 0. The third-order valence-corrected chi connectivity index (χ3v) is 2.40. The van der Waals surface area contributed by atoms with Crippen LogP contribution in [0.4, 0.5) is 10.2 Å². The summed E-state index contributed by atoms with van der Waals surface area (Å²) in [6, 6.07) is 6.07. The van der Waals surface area contributed by atoms with Gasteiger partial charge in [-0.15, -0.1) is 4.91 Å². The van der Waals surface area contributed by atoms with E-state index in [1.807, 2.05) is 0 Å². The number of nitroso groups, excluding NO2 is 1. The monoisotopic (exact) mass is 231 g/mol. The van der Waals surface area contributed by atoms with Crippen molar-refractivity contribution in [3.05, 3.63) is 47.4 Å². The molecule has 0 fully saturated rings. The number of hydrogen-bond acceptors (Lipinski definition) is 4. The molecule has 0 atom stereocenters. The van der Waals surface area contributed by atoms with Crippen molar-refractivity contribution in [2.24, 2.45) is 5.18 Å². The summed E-state index contributed by atoms with van der Waals surface area (Å²) in [5.41, 5.74) is 0.739. The van der Waals surface area contributed by atoms with Gasteiger partial charge in [-0.25, -0.2) is 9.37 Å². The van der Waals surface area contributed by atoms with Gasteiger partial charge < -0.3 is 4.42 Å². The van der Waals surface area contributed by atoms with Gasteiger partial charge in [0.1, 0.15) is 11.5 Å². The van der Waals surface area contributed by atoms with Gasteiger partial charge in [0, 0.05) is 6.20 Å². The van der Waals surface area contributed by atoms with E-state index in [0.29, 0.717) is 17.1 Å². The molecule has 0 aliphatic carbocycles. The van der Waals surface area contributed by atoms with Gasteiger partial charge >= 0.3 is 0 Å². The minimum Gasteiger partial charge on any atom is -0.463 e. The molecule has 0 bridgehead atoms. The topological polar surface area (TPSA) is 59.9 Å². The Morgan fingerprint density at radius 1 is 1.35 bits per heavy atom. The Kier molecular flexibility index (Phi) is 2.01. The maximum Gasteiger partial charge on any atom is 0.213 e. The van der Waals surface area contributed by atoms with E-state index < -0.39 is 5.82 Å². The Morgan fingerprint density at radius 2 is 2.24 bits per heavy atom. The Hall–Kier alpha value is -2.50. The molecule has 3 aromatic rings. The molecule has 0 amide bonds. The van der Waals surface area contributed by atoms with Crippen LogP contribution >= 0.6 is 0 Å². The SMILES string of the molecule is O=Nc1c(-c2ccco2)nc2ccc(F)cn12. The molecule has 0 unspecified atom stereocenters. The molecule has 0 saturated carbocycles. The summed E-state index contributed by atoms with van der Waals surface area (Å²) in [6.07, 6.45) is 2.63. The van der Waals surface area contributed by atoms with Gasteiger partial charge in [0.25, 0.3) is 0 Å². The molecule has 0 saturated heterocycles. The zero-order chi connectivity index (χ0) is 11.8. The van der Waals surface area contributed by atoms with Crippen LogP contribution in [0.25, 0.3) is 17.1 Å². The predicted octanol–water partition coefficient (Wildman–Crippen LogP) is 3.13. The van der Waals surface area contributed by atoms with Gasteiger partial charge in [-0.3, -0.25) is 4.40 Å². The second-order valence-corrected chi connectivity index (χ2v) is 3.43. The number of pyridine rings is 1. The summed E-state index contributed by atoms with van der Waals surface area (Å²) in [5.74, 6) is -0.0241. The van der Waals surface area contributed by atoms with Crippen molar-refractivity contribution in [2.45, 2.75) is 0 Å². The largest absolute Gasteiger partial charge is 0.463 e. The van der Waals surface area contributed by atoms with Crippen LogP contribution in [0.1, 0.15) is 0 Å². The molecule has 3 aromatic heterocycles. The highest BCUT2D eigenvalue weighted by Gasteiger charge is 2.16. The zero-order valence-electron chi connectivity index (χ0n) is 8.50. The molecule has 0 N–H and O–H groups in total. The Morgan fingerprint density at radius 3 is 2.94 bits per heavy atom. The average Bonchev–Trinajstić information content (AvgIpc) is 2.94. The molecule has 0 aliphatic rings. The molecule has 17 heavy (non-hydrogen) atoms. The third kappa shape index (κ3) is 1.42. The summed E-state index contributed by atoms with van der Waals surface area (Å²) in [4.78, 5) is 15.0. The standard InChI is InChI=1S/C11H6FN3O2/c12-7-3-4-9-13-10(8-2-1-5-17-8)11(14-16)15(9)6-7/h1-6H. The number of aromatic nitrogens is 2. The lowest BCUT2D eigenvalue weighted by atomic mass is 10.3. The maximum atomic E-state index is 13.1. The van der Waals surface area contributed by atoms with E-state index in [1.165, 1.54) is 22.8 Å². The predicted molar refractivity (Wildman–Crippen MR) is 58.3 cm³/mol. The highest BCUT2D eigenvalue weighted by molar-refractivity contribution is 5.70. The minimum atomic E-state index is -0.467. The summed E-state index contributed by atoms with van der Waals surface area (Å²) < 4.78 is 19.5. The number of rotatable bonds is 2. The van der Waals surface area contributed by atoms with Crippen molar-refractivity contribution < 1.29 is 8.81 Å². The van der Waals surface area contributed by atoms with E-state index in [1.54, 1.807) is 12.1 Å². The van der Waals surface area contributed by atoms with Gasteiger partial charge in [-0.05, 0) is 29.4 Å². The van der Waals surface area contributed by atoms with E-state index in [0.717, 1.165) is 6.20 Å². The molecular formula is C11H6FN3O2. The zero-order valence-corrected chi connectivity index (χ0v) is 8.50. The van der Waals surface area contributed by atoms with Gasteiger partial charge in [0.2, 0.25) is 5.82 Å². The van der Waals surface area contributed by atoms with Crippen LogP contribution in [0.15, 0.2) is 46.3 Å². The number of halogens is 1. The number of imidazole rings is 1. The van der Waals surface area contributed by atoms with E-state index in [2.05, 4.69) is 10.2 Å². The first-order valence-electron chi connectivity index (χ1n) is 4.84. The lowest BCUT2D eigenvalue weighted by Crippen LogP contribution is -1.85. The lowest BCUT2D eigenvalue weighted by molar-refractivity contribution is 0.580. The summed E-state index contributed by atoms with van der Waals surface area (Å²) in [6.45, 7) is 0. The van der Waals surface area contributed by atoms with E-state index >= 15 is 0 Å². The first kappa shape index (κ1) is 9.71. The lowest BCUT2D eigenvalue weighted by Gasteiger charge is -1.94. The van der Waals surface area contributed by atoms with Crippen LogP contribution in [-0.4, -0.2) is 9.38 Å². The highest BCUT2D eigenvalue weighted by Crippen LogP contribution is 2.31. The number of hydrogen-bond donors (Lipinski definition) is 0. The van der Waals surface area contributed by atoms with Crippen LogP contribution in [0.5, 0.6) is 0 Å². The van der Waals surface area contributed by atoms with Crippen LogP contribution in [-0.2, 0) is 0 Å². The van der Waals surface area contributed by atoms with Crippen LogP contribution in [0.3, 0.4) is 0 Å². The van der Waals surface area contributed by atoms with Crippen molar-refractivity contribution in [1.29, 1.82) is 0 Å². The van der Waals surface area contributed by atoms with E-state index in [-0.39, 0.29) is 5.82 Å². The normalized spacial score (nSPS) is 10.9. The highest BCUT2D eigenvalue weighted by atomic mass is 19.1. The van der Waals surface area contributed by atoms with Crippen molar-refractivity contribution >= 4 is 11.5 Å². The summed E-state index contributed by atoms with van der Waals surface area (Å²) in [5, 5.41) is 2.88. The minimum absolute atomic E-state index is 0.0226. The Labute approximate surface area is 94.5 Å². The second-order valence-electron chi connectivity index (χ2n) is 3.43. The number of fused-ring (bicyclic) bond motifs is 1. The molecule has 0 radical (unpaired) electrons. The fourth-order valence-corrected chi connectivity index (χ4v) is 1.67. The molecule has 6 heteroatoms. The average molecular weight is 231 g/mol. The van der Waals surface area contributed by atoms with Crippen molar-refractivity contribution in [3.63, 3.8) is 0 Å². The molecule has 3 heterocycles. The maximum absolute atomic E-state index is 13.1. The van der Waals surface area contributed by atoms with Crippen molar-refractivity contribution in [2.75, 3.05) is 0 Å². The summed E-state index contributed by atoms with van der Waals surface area (Å²) >= 11 is 0. The van der Waals surface area contributed by atoms with Gasteiger partial charge in [-0.1, -0.05) is 0 Å². The van der Waals surface area contributed by atoms with Crippen LogP contribution < -0.4 is 0 Å². The van der Waals surface area contributed by atoms with Gasteiger partial charge in [0.15, 0.2) is 11.5 Å². The Bertz CT molecular complexity index is 688. The molecule has 5 nitrogen and oxygen atoms in total. The van der Waals surface area contributed by atoms with Crippen LogP contribution in [0, 0.1) is 10.7 Å². The molecule has 0 aliphatic heterocycles.